The van der Waals surface area contributed by atoms with E-state index in [1.54, 1.807) is 6.07 Å². The predicted octanol–water partition coefficient (Wildman–Crippen LogP) is 4.84. The molecule has 1 aliphatic carbocycles. The van der Waals surface area contributed by atoms with E-state index in [0.29, 0.717) is 5.92 Å². The summed E-state index contributed by atoms with van der Waals surface area (Å²) in [5.41, 5.74) is 0.231. The van der Waals surface area contributed by atoms with Crippen LogP contribution in [0.4, 0.5) is 13.2 Å². The topological polar surface area (TPSA) is 29.5 Å². The van der Waals surface area contributed by atoms with Gasteiger partial charge in [0.2, 0.25) is 0 Å². The van der Waals surface area contributed by atoms with Gasteiger partial charge in [-0.2, -0.15) is 0 Å². The molecule has 0 heterocycles. The Morgan fingerprint density at radius 3 is 2.38 bits per heavy atom. The molecule has 0 aliphatic heterocycles. The lowest BCUT2D eigenvalue weighted by Gasteiger charge is -2.31. The fourth-order valence-corrected chi connectivity index (χ4v) is 3.11. The molecule has 1 N–H and O–H groups in total. The average Bonchev–Trinajstić information content (AvgIpc) is 2.45. The molecule has 0 spiro atoms. The summed E-state index contributed by atoms with van der Waals surface area (Å²) in [5, 5.41) is 10.4. The number of halogens is 3. The van der Waals surface area contributed by atoms with Crippen LogP contribution in [-0.4, -0.2) is 11.5 Å². The van der Waals surface area contributed by atoms with Crippen molar-refractivity contribution in [2.45, 2.75) is 51.5 Å². The summed E-state index contributed by atoms with van der Waals surface area (Å²) in [6, 6.07) is 5.87. The monoisotopic (exact) mass is 302 g/mol. The highest BCUT2D eigenvalue weighted by molar-refractivity contribution is 5.35. The van der Waals surface area contributed by atoms with Crippen molar-refractivity contribution in [3.63, 3.8) is 0 Å². The van der Waals surface area contributed by atoms with E-state index in [1.807, 2.05) is 0 Å². The summed E-state index contributed by atoms with van der Waals surface area (Å²) in [6.07, 6.45) is -0.769. The Hall–Kier alpha value is -1.23. The number of para-hydroxylation sites is 1. The van der Waals surface area contributed by atoms with E-state index in [-0.39, 0.29) is 17.2 Å². The van der Waals surface area contributed by atoms with Crippen molar-refractivity contribution in [1.82, 2.24) is 0 Å². The van der Waals surface area contributed by atoms with Crippen molar-refractivity contribution < 1.29 is 23.0 Å². The number of benzene rings is 1. The van der Waals surface area contributed by atoms with Crippen molar-refractivity contribution in [1.29, 1.82) is 0 Å². The van der Waals surface area contributed by atoms with Crippen LogP contribution in [0.15, 0.2) is 24.3 Å². The molecular weight excluding hydrogens is 281 g/mol. The molecule has 21 heavy (non-hydrogen) atoms. The van der Waals surface area contributed by atoms with Gasteiger partial charge in [-0.1, -0.05) is 44.4 Å². The number of aliphatic hydroxyl groups excluding tert-OH is 1. The van der Waals surface area contributed by atoms with Crippen molar-refractivity contribution in [2.75, 3.05) is 0 Å². The third-order valence-corrected chi connectivity index (χ3v) is 4.38. The number of alkyl halides is 3. The standard InChI is InChI=1S/C16H21F3O2/c1-2-11-7-9-12(10-8-11)15(20)13-5-3-4-6-14(13)21-16(17,18)19/h3-6,11-12,15,20H,2,7-10H2,1H3. The second kappa shape index (κ2) is 6.69. The largest absolute Gasteiger partial charge is 0.573 e. The predicted molar refractivity (Wildman–Crippen MR) is 73.8 cm³/mol. The molecule has 2 rings (SSSR count). The minimum atomic E-state index is -4.74. The third-order valence-electron chi connectivity index (χ3n) is 4.38. The molecule has 0 saturated heterocycles. The molecule has 5 heteroatoms. The number of hydrogen-bond acceptors (Lipinski definition) is 2. The van der Waals surface area contributed by atoms with E-state index in [4.69, 9.17) is 0 Å². The SMILES string of the molecule is CCC1CCC(C(O)c2ccccc2OC(F)(F)F)CC1. The summed E-state index contributed by atoms with van der Waals surface area (Å²) in [6.45, 7) is 2.15. The first-order valence-electron chi connectivity index (χ1n) is 7.43. The molecule has 0 bridgehead atoms. The quantitative estimate of drug-likeness (QED) is 0.862. The van der Waals surface area contributed by atoms with Crippen LogP contribution in [0.2, 0.25) is 0 Å². The highest BCUT2D eigenvalue weighted by Gasteiger charge is 2.34. The van der Waals surface area contributed by atoms with Crippen LogP contribution in [0.25, 0.3) is 0 Å². The Morgan fingerprint density at radius 1 is 1.19 bits per heavy atom. The maximum Gasteiger partial charge on any atom is 0.573 e. The van der Waals surface area contributed by atoms with Gasteiger partial charge in [0.05, 0.1) is 6.10 Å². The second-order valence-corrected chi connectivity index (χ2v) is 5.72. The summed E-state index contributed by atoms with van der Waals surface area (Å²) < 4.78 is 41.3. The minimum absolute atomic E-state index is 0.00536. The highest BCUT2D eigenvalue weighted by atomic mass is 19.4. The Kier molecular flexibility index (Phi) is 5.14. The van der Waals surface area contributed by atoms with Crippen molar-refractivity contribution >= 4 is 0 Å². The molecule has 1 saturated carbocycles. The second-order valence-electron chi connectivity index (χ2n) is 5.72. The first-order chi connectivity index (χ1) is 9.90. The maximum absolute atomic E-state index is 12.4. The van der Waals surface area contributed by atoms with Crippen LogP contribution < -0.4 is 4.74 Å². The molecule has 118 valence electrons. The van der Waals surface area contributed by atoms with Crippen LogP contribution in [0.3, 0.4) is 0 Å². The zero-order valence-electron chi connectivity index (χ0n) is 12.1. The molecule has 2 nitrogen and oxygen atoms in total. The zero-order chi connectivity index (χ0) is 15.5. The average molecular weight is 302 g/mol. The minimum Gasteiger partial charge on any atom is -0.405 e. The van der Waals surface area contributed by atoms with Crippen LogP contribution >= 0.6 is 0 Å². The van der Waals surface area contributed by atoms with Crippen molar-refractivity contribution in [3.8, 4) is 5.75 Å². The zero-order valence-corrected chi connectivity index (χ0v) is 12.1. The lowest BCUT2D eigenvalue weighted by atomic mass is 9.77. The number of ether oxygens (including phenoxy) is 1. The summed E-state index contributed by atoms with van der Waals surface area (Å²) in [5.74, 6) is 0.385. The summed E-state index contributed by atoms with van der Waals surface area (Å²) >= 11 is 0. The fourth-order valence-electron chi connectivity index (χ4n) is 3.11. The van der Waals surface area contributed by atoms with Gasteiger partial charge in [-0.3, -0.25) is 0 Å². The van der Waals surface area contributed by atoms with Crippen molar-refractivity contribution in [2.24, 2.45) is 11.8 Å². The van der Waals surface area contributed by atoms with E-state index in [2.05, 4.69) is 11.7 Å². The van der Waals surface area contributed by atoms with E-state index in [1.165, 1.54) is 18.2 Å². The third kappa shape index (κ3) is 4.37. The number of rotatable bonds is 4. The molecule has 1 aromatic carbocycles. The molecule has 0 amide bonds. The molecule has 1 atom stereocenters. The summed E-state index contributed by atoms with van der Waals surface area (Å²) in [4.78, 5) is 0. The first-order valence-corrected chi connectivity index (χ1v) is 7.43. The van der Waals surface area contributed by atoms with E-state index < -0.39 is 12.5 Å². The van der Waals surface area contributed by atoms with Gasteiger partial charge in [-0.15, -0.1) is 13.2 Å². The summed E-state index contributed by atoms with van der Waals surface area (Å²) in [7, 11) is 0. The molecule has 0 radical (unpaired) electrons. The number of aliphatic hydroxyl groups is 1. The molecule has 1 aromatic rings. The normalized spacial score (nSPS) is 24.6. The van der Waals surface area contributed by atoms with Crippen LogP contribution in [-0.2, 0) is 0 Å². The van der Waals surface area contributed by atoms with Gasteiger partial charge in [-0.05, 0) is 30.7 Å². The molecule has 1 aliphatic rings. The van der Waals surface area contributed by atoms with Gasteiger partial charge in [0, 0.05) is 5.56 Å². The van der Waals surface area contributed by atoms with E-state index in [0.717, 1.165) is 32.1 Å². The molecule has 1 unspecified atom stereocenters. The van der Waals surface area contributed by atoms with Gasteiger partial charge in [-0.25, -0.2) is 0 Å². The van der Waals surface area contributed by atoms with E-state index in [9.17, 15) is 18.3 Å². The van der Waals surface area contributed by atoms with Gasteiger partial charge < -0.3 is 9.84 Å². The highest BCUT2D eigenvalue weighted by Crippen LogP contribution is 2.41. The van der Waals surface area contributed by atoms with Crippen LogP contribution in [0.1, 0.15) is 50.7 Å². The first kappa shape index (κ1) is 16.1. The van der Waals surface area contributed by atoms with Crippen LogP contribution in [0, 0.1) is 11.8 Å². The lowest BCUT2D eigenvalue weighted by molar-refractivity contribution is -0.275. The van der Waals surface area contributed by atoms with Crippen molar-refractivity contribution in [3.05, 3.63) is 29.8 Å². The van der Waals surface area contributed by atoms with Crippen LogP contribution in [0.5, 0.6) is 5.75 Å². The van der Waals surface area contributed by atoms with E-state index >= 15 is 0 Å². The maximum atomic E-state index is 12.4. The van der Waals surface area contributed by atoms with Gasteiger partial charge in [0.1, 0.15) is 5.75 Å². The smallest absolute Gasteiger partial charge is 0.405 e. The number of hydrogen-bond donors (Lipinski definition) is 1. The Bertz CT molecular complexity index is 451. The molecule has 1 fully saturated rings. The molecular formula is C16H21F3O2. The Labute approximate surface area is 122 Å². The fraction of sp³-hybridized carbons (Fsp3) is 0.625. The molecule has 0 aromatic heterocycles. The van der Waals surface area contributed by atoms with Gasteiger partial charge in [0.25, 0.3) is 0 Å². The Morgan fingerprint density at radius 2 is 1.81 bits per heavy atom. The lowest BCUT2D eigenvalue weighted by Crippen LogP contribution is -2.23. The van der Waals surface area contributed by atoms with Gasteiger partial charge in [0.15, 0.2) is 0 Å². The Balaban J connectivity index is 2.10. The van der Waals surface area contributed by atoms with Gasteiger partial charge >= 0.3 is 6.36 Å².